The van der Waals surface area contributed by atoms with E-state index in [4.69, 9.17) is 0 Å². The fourth-order valence-electron chi connectivity index (χ4n) is 2.02. The second-order valence-electron chi connectivity index (χ2n) is 4.85. The van der Waals surface area contributed by atoms with Crippen LogP contribution in [-0.4, -0.2) is 16.0 Å². The van der Waals surface area contributed by atoms with Crippen LogP contribution in [0.3, 0.4) is 0 Å². The predicted octanol–water partition coefficient (Wildman–Crippen LogP) is 2.72. The molecule has 1 aromatic heterocycles. The molecule has 2 rings (SSSR count). The Labute approximate surface area is 120 Å². The number of carbonyl (C=O) groups excluding carboxylic acids is 1. The molecule has 7 heteroatoms. The van der Waals surface area contributed by atoms with Gasteiger partial charge in [0.05, 0.1) is 6.04 Å². The van der Waals surface area contributed by atoms with Crippen LogP contribution >= 0.6 is 0 Å². The van der Waals surface area contributed by atoms with E-state index in [1.165, 1.54) is 18.5 Å². The largest absolute Gasteiger partial charge is 0.346 e. The fraction of sp³-hybridized carbons (Fsp3) is 0.357. The van der Waals surface area contributed by atoms with Gasteiger partial charge in [0.15, 0.2) is 5.82 Å². The van der Waals surface area contributed by atoms with Gasteiger partial charge < -0.3 is 9.84 Å². The van der Waals surface area contributed by atoms with Crippen molar-refractivity contribution >= 4 is 5.91 Å². The molecule has 0 aliphatic heterocycles. The highest BCUT2D eigenvalue weighted by molar-refractivity contribution is 5.77. The Hall–Kier alpha value is -2.31. The van der Waals surface area contributed by atoms with Gasteiger partial charge in [0.2, 0.25) is 12.3 Å². The van der Waals surface area contributed by atoms with Crippen LogP contribution in [-0.2, 0) is 4.79 Å². The molecule has 0 saturated carbocycles. The Morgan fingerprint density at radius 1 is 1.38 bits per heavy atom. The maximum atomic E-state index is 13.6. The molecule has 0 fully saturated rings. The Bertz CT molecular complexity index is 617. The molecule has 1 N–H and O–H groups in total. The zero-order chi connectivity index (χ0) is 15.4. The van der Waals surface area contributed by atoms with E-state index in [-0.39, 0.29) is 18.2 Å². The molecule has 1 aromatic carbocycles. The number of halogens is 2. The van der Waals surface area contributed by atoms with E-state index in [0.29, 0.717) is 11.4 Å². The lowest BCUT2D eigenvalue weighted by molar-refractivity contribution is -0.122. The molecular formula is C14H15F2N3O2. The summed E-state index contributed by atoms with van der Waals surface area (Å²) in [5.41, 5.74) is 0.304. The smallest absolute Gasteiger partial charge is 0.221 e. The van der Waals surface area contributed by atoms with E-state index < -0.39 is 17.7 Å². The molecule has 21 heavy (non-hydrogen) atoms. The Kier molecular flexibility index (Phi) is 4.62. The molecule has 0 aliphatic carbocycles. The molecule has 2 atom stereocenters. The highest BCUT2D eigenvalue weighted by atomic mass is 19.1. The summed E-state index contributed by atoms with van der Waals surface area (Å²) in [5.74, 6) is -1.57. The number of benzene rings is 1. The summed E-state index contributed by atoms with van der Waals surface area (Å²) in [6.07, 6.45) is 1.25. The Morgan fingerprint density at radius 3 is 2.76 bits per heavy atom. The van der Waals surface area contributed by atoms with Crippen LogP contribution in [0.1, 0.15) is 43.6 Å². The van der Waals surface area contributed by atoms with Gasteiger partial charge in [0.1, 0.15) is 11.6 Å². The molecule has 0 saturated heterocycles. The van der Waals surface area contributed by atoms with Crippen molar-refractivity contribution in [1.82, 2.24) is 15.5 Å². The molecule has 0 aliphatic rings. The fourth-order valence-corrected chi connectivity index (χ4v) is 2.02. The summed E-state index contributed by atoms with van der Waals surface area (Å²) in [6, 6.07) is 2.94. The molecule has 1 heterocycles. The highest BCUT2D eigenvalue weighted by Crippen LogP contribution is 2.23. The van der Waals surface area contributed by atoms with Gasteiger partial charge >= 0.3 is 0 Å². The average Bonchev–Trinajstić information content (AvgIpc) is 2.91. The van der Waals surface area contributed by atoms with Crippen molar-refractivity contribution in [1.29, 1.82) is 0 Å². The number of carbonyl (C=O) groups is 1. The molecule has 1 amide bonds. The van der Waals surface area contributed by atoms with Crippen molar-refractivity contribution in [3.8, 4) is 0 Å². The van der Waals surface area contributed by atoms with Crippen molar-refractivity contribution in [2.45, 2.75) is 32.2 Å². The van der Waals surface area contributed by atoms with Gasteiger partial charge in [0.25, 0.3) is 0 Å². The minimum Gasteiger partial charge on any atom is -0.346 e. The number of rotatable bonds is 5. The van der Waals surface area contributed by atoms with Crippen molar-refractivity contribution in [3.63, 3.8) is 0 Å². The van der Waals surface area contributed by atoms with Gasteiger partial charge in [0, 0.05) is 12.5 Å². The van der Waals surface area contributed by atoms with Crippen LogP contribution in [0.15, 0.2) is 29.1 Å². The van der Waals surface area contributed by atoms with E-state index in [0.717, 1.165) is 6.07 Å². The Morgan fingerprint density at radius 2 is 2.14 bits per heavy atom. The normalized spacial score (nSPS) is 13.7. The monoisotopic (exact) mass is 295 g/mol. The number of aromatic nitrogens is 2. The second kappa shape index (κ2) is 6.43. The summed E-state index contributed by atoms with van der Waals surface area (Å²) in [7, 11) is 0. The van der Waals surface area contributed by atoms with Gasteiger partial charge in [-0.15, -0.1) is 0 Å². The first-order valence-corrected chi connectivity index (χ1v) is 6.48. The summed E-state index contributed by atoms with van der Waals surface area (Å²) >= 11 is 0. The zero-order valence-corrected chi connectivity index (χ0v) is 11.6. The molecule has 0 radical (unpaired) electrons. The number of nitrogens with one attached hydrogen (secondary N) is 1. The molecular weight excluding hydrogens is 280 g/mol. The van der Waals surface area contributed by atoms with Gasteiger partial charge in [-0.05, 0) is 24.5 Å². The number of amides is 1. The van der Waals surface area contributed by atoms with Crippen molar-refractivity contribution in [3.05, 3.63) is 47.6 Å². The van der Waals surface area contributed by atoms with Crippen LogP contribution in [0, 0.1) is 11.6 Å². The van der Waals surface area contributed by atoms with E-state index in [1.807, 2.05) is 0 Å². The van der Waals surface area contributed by atoms with Gasteiger partial charge in [-0.2, -0.15) is 4.98 Å². The first-order valence-electron chi connectivity index (χ1n) is 6.48. The summed E-state index contributed by atoms with van der Waals surface area (Å²) < 4.78 is 31.1. The van der Waals surface area contributed by atoms with E-state index in [2.05, 4.69) is 20.0 Å². The van der Waals surface area contributed by atoms with Crippen molar-refractivity contribution in [2.75, 3.05) is 0 Å². The highest BCUT2D eigenvalue weighted by Gasteiger charge is 2.18. The third-order valence-electron chi connectivity index (χ3n) is 3.13. The molecule has 112 valence electrons. The second-order valence-corrected chi connectivity index (χ2v) is 4.85. The summed E-state index contributed by atoms with van der Waals surface area (Å²) in [6.45, 7) is 3.42. The topological polar surface area (TPSA) is 68.0 Å². The molecule has 0 unspecified atom stereocenters. The zero-order valence-electron chi connectivity index (χ0n) is 11.6. The third kappa shape index (κ3) is 3.84. The number of hydrogen-bond acceptors (Lipinski definition) is 4. The van der Waals surface area contributed by atoms with Crippen LogP contribution < -0.4 is 5.32 Å². The number of nitrogens with zero attached hydrogens (tertiary/aromatic N) is 2. The lowest BCUT2D eigenvalue weighted by atomic mass is 9.96. The lowest BCUT2D eigenvalue weighted by Gasteiger charge is -2.15. The van der Waals surface area contributed by atoms with Gasteiger partial charge in [-0.3, -0.25) is 4.79 Å². The van der Waals surface area contributed by atoms with Crippen LogP contribution in [0.25, 0.3) is 0 Å². The Balaban J connectivity index is 1.96. The number of hydrogen-bond donors (Lipinski definition) is 1. The minimum atomic E-state index is -0.651. The molecule has 0 spiro atoms. The standard InChI is InChI=1S/C14H15F2N3O2/c1-8(11-4-3-10(15)6-12(11)16)5-13(20)18-9(2)14-17-7-21-19-14/h3-4,6-9H,5H2,1-2H3,(H,18,20)/t8-,9+/m0/s1. The first-order chi connectivity index (χ1) is 9.97. The average molecular weight is 295 g/mol. The maximum Gasteiger partial charge on any atom is 0.221 e. The molecule has 5 nitrogen and oxygen atoms in total. The SMILES string of the molecule is C[C@@H](CC(=O)N[C@H](C)c1ncon1)c1ccc(F)cc1F. The van der Waals surface area contributed by atoms with Gasteiger partial charge in [-0.25, -0.2) is 8.78 Å². The summed E-state index contributed by atoms with van der Waals surface area (Å²) in [4.78, 5) is 15.8. The van der Waals surface area contributed by atoms with E-state index in [9.17, 15) is 13.6 Å². The van der Waals surface area contributed by atoms with E-state index in [1.54, 1.807) is 13.8 Å². The maximum absolute atomic E-state index is 13.6. The van der Waals surface area contributed by atoms with Crippen LogP contribution in [0.2, 0.25) is 0 Å². The molecule has 2 aromatic rings. The van der Waals surface area contributed by atoms with Crippen molar-refractivity contribution in [2.24, 2.45) is 0 Å². The van der Waals surface area contributed by atoms with Crippen LogP contribution in [0.4, 0.5) is 8.78 Å². The quantitative estimate of drug-likeness (QED) is 0.921. The molecule has 0 bridgehead atoms. The lowest BCUT2D eigenvalue weighted by Crippen LogP contribution is -2.28. The van der Waals surface area contributed by atoms with E-state index >= 15 is 0 Å². The van der Waals surface area contributed by atoms with Crippen molar-refractivity contribution < 1.29 is 18.1 Å². The third-order valence-corrected chi connectivity index (χ3v) is 3.13. The van der Waals surface area contributed by atoms with Crippen LogP contribution in [0.5, 0.6) is 0 Å². The minimum absolute atomic E-state index is 0.0742. The first kappa shape index (κ1) is 15.1. The summed E-state index contributed by atoms with van der Waals surface area (Å²) in [5, 5.41) is 6.32. The predicted molar refractivity (Wildman–Crippen MR) is 70.2 cm³/mol. The van der Waals surface area contributed by atoms with Gasteiger partial charge in [-0.1, -0.05) is 18.1 Å².